The Morgan fingerprint density at radius 1 is 1.62 bits per heavy atom. The third kappa shape index (κ3) is 1.89. The van der Waals surface area contributed by atoms with Gasteiger partial charge in [-0.3, -0.25) is 4.68 Å². The second-order valence-corrected chi connectivity index (χ2v) is 3.64. The van der Waals surface area contributed by atoms with Crippen molar-refractivity contribution in [3.63, 3.8) is 0 Å². The average molecular weight is 181 g/mol. The SMILES string of the molecule is ONCc1ccnn1CC1CCC1. The number of hydroxylamine groups is 1. The van der Waals surface area contributed by atoms with Crippen LogP contribution in [0.15, 0.2) is 12.3 Å². The molecule has 0 atom stereocenters. The normalized spacial score (nSPS) is 17.3. The molecule has 1 aliphatic carbocycles. The summed E-state index contributed by atoms with van der Waals surface area (Å²) < 4.78 is 1.98. The first-order chi connectivity index (χ1) is 6.40. The van der Waals surface area contributed by atoms with Gasteiger partial charge in [0.1, 0.15) is 0 Å². The third-order valence-electron chi connectivity index (χ3n) is 2.72. The highest BCUT2D eigenvalue weighted by molar-refractivity contribution is 4.99. The number of nitrogens with one attached hydrogen (secondary N) is 1. The highest BCUT2D eigenvalue weighted by Gasteiger charge is 2.18. The lowest BCUT2D eigenvalue weighted by Gasteiger charge is -2.25. The molecule has 0 spiro atoms. The van der Waals surface area contributed by atoms with E-state index in [0.29, 0.717) is 6.54 Å². The highest BCUT2D eigenvalue weighted by Crippen LogP contribution is 2.27. The summed E-state index contributed by atoms with van der Waals surface area (Å²) in [6, 6.07) is 1.93. The molecule has 0 amide bonds. The Kier molecular flexibility index (Phi) is 2.61. The Morgan fingerprint density at radius 3 is 3.08 bits per heavy atom. The zero-order valence-electron chi connectivity index (χ0n) is 7.61. The van der Waals surface area contributed by atoms with Crippen LogP contribution < -0.4 is 5.48 Å². The third-order valence-corrected chi connectivity index (χ3v) is 2.72. The van der Waals surface area contributed by atoms with Gasteiger partial charge in [0, 0.05) is 12.7 Å². The molecular formula is C9H15N3O. The molecule has 72 valence electrons. The monoisotopic (exact) mass is 181 g/mol. The Labute approximate surface area is 77.5 Å². The molecule has 1 heterocycles. The van der Waals surface area contributed by atoms with Crippen molar-refractivity contribution in [2.75, 3.05) is 0 Å². The Balaban J connectivity index is 1.96. The topological polar surface area (TPSA) is 50.1 Å². The lowest BCUT2D eigenvalue weighted by Crippen LogP contribution is -2.21. The minimum Gasteiger partial charge on any atom is -0.316 e. The molecule has 1 aliphatic rings. The van der Waals surface area contributed by atoms with E-state index in [0.717, 1.165) is 18.2 Å². The summed E-state index contributed by atoms with van der Waals surface area (Å²) in [6.45, 7) is 1.48. The van der Waals surface area contributed by atoms with E-state index in [1.807, 2.05) is 10.7 Å². The fourth-order valence-electron chi connectivity index (χ4n) is 1.68. The zero-order chi connectivity index (χ0) is 9.10. The summed E-state index contributed by atoms with van der Waals surface area (Å²) in [7, 11) is 0. The molecule has 0 saturated heterocycles. The molecule has 2 rings (SSSR count). The van der Waals surface area contributed by atoms with E-state index in [4.69, 9.17) is 5.21 Å². The molecule has 2 N–H and O–H groups in total. The van der Waals surface area contributed by atoms with Gasteiger partial charge in [0.25, 0.3) is 0 Å². The van der Waals surface area contributed by atoms with E-state index in [1.165, 1.54) is 19.3 Å². The molecule has 1 aromatic rings. The Bertz CT molecular complexity index is 268. The zero-order valence-corrected chi connectivity index (χ0v) is 7.61. The summed E-state index contributed by atoms with van der Waals surface area (Å²) in [6.07, 6.45) is 5.79. The summed E-state index contributed by atoms with van der Waals surface area (Å²) in [4.78, 5) is 0. The van der Waals surface area contributed by atoms with E-state index in [1.54, 1.807) is 6.20 Å². The standard InChI is InChI=1S/C9H15N3O/c13-11-6-9-4-5-10-12(9)7-8-2-1-3-8/h4-5,8,11,13H,1-3,6-7H2. The van der Waals surface area contributed by atoms with Crippen LogP contribution in [0.5, 0.6) is 0 Å². The van der Waals surface area contributed by atoms with Crippen molar-refractivity contribution in [3.8, 4) is 0 Å². The maximum Gasteiger partial charge on any atom is 0.0628 e. The average Bonchev–Trinajstić information content (AvgIpc) is 2.46. The van der Waals surface area contributed by atoms with Crippen LogP contribution in [0.4, 0.5) is 0 Å². The van der Waals surface area contributed by atoms with Gasteiger partial charge < -0.3 is 5.21 Å². The Morgan fingerprint density at radius 2 is 2.46 bits per heavy atom. The smallest absolute Gasteiger partial charge is 0.0628 e. The summed E-state index contributed by atoms with van der Waals surface area (Å²) in [5, 5.41) is 12.8. The minimum absolute atomic E-state index is 0.479. The number of aromatic nitrogens is 2. The van der Waals surface area contributed by atoms with Crippen molar-refractivity contribution in [2.45, 2.75) is 32.4 Å². The molecule has 1 fully saturated rings. The summed E-state index contributed by atoms with van der Waals surface area (Å²) >= 11 is 0. The molecule has 0 radical (unpaired) electrons. The van der Waals surface area contributed by atoms with Crippen molar-refractivity contribution in [1.29, 1.82) is 0 Å². The van der Waals surface area contributed by atoms with Crippen molar-refractivity contribution in [2.24, 2.45) is 5.92 Å². The highest BCUT2D eigenvalue weighted by atomic mass is 16.5. The van der Waals surface area contributed by atoms with E-state index in [9.17, 15) is 0 Å². The molecule has 1 aromatic heterocycles. The number of nitrogens with zero attached hydrogens (tertiary/aromatic N) is 2. The first-order valence-corrected chi connectivity index (χ1v) is 4.78. The van der Waals surface area contributed by atoms with Gasteiger partial charge >= 0.3 is 0 Å². The molecule has 0 unspecified atom stereocenters. The maximum absolute atomic E-state index is 8.58. The van der Waals surface area contributed by atoms with Gasteiger partial charge in [-0.2, -0.15) is 10.6 Å². The van der Waals surface area contributed by atoms with Crippen LogP contribution in [0.1, 0.15) is 25.0 Å². The van der Waals surface area contributed by atoms with Gasteiger partial charge in [-0.05, 0) is 24.8 Å². The van der Waals surface area contributed by atoms with Crippen molar-refractivity contribution in [1.82, 2.24) is 15.3 Å². The fourth-order valence-corrected chi connectivity index (χ4v) is 1.68. The van der Waals surface area contributed by atoms with Gasteiger partial charge in [0.2, 0.25) is 0 Å². The maximum atomic E-state index is 8.58. The molecular weight excluding hydrogens is 166 g/mol. The minimum atomic E-state index is 0.479. The summed E-state index contributed by atoms with van der Waals surface area (Å²) in [5.74, 6) is 0.803. The quantitative estimate of drug-likeness (QED) is 0.685. The second-order valence-electron chi connectivity index (χ2n) is 3.64. The van der Waals surface area contributed by atoms with Crippen molar-refractivity contribution < 1.29 is 5.21 Å². The van der Waals surface area contributed by atoms with Crippen molar-refractivity contribution in [3.05, 3.63) is 18.0 Å². The largest absolute Gasteiger partial charge is 0.316 e. The van der Waals surface area contributed by atoms with Crippen LogP contribution in [0.3, 0.4) is 0 Å². The number of rotatable bonds is 4. The van der Waals surface area contributed by atoms with Gasteiger partial charge in [-0.25, -0.2) is 0 Å². The molecule has 0 aromatic carbocycles. The predicted octanol–water partition coefficient (Wildman–Crippen LogP) is 1.16. The number of hydrogen-bond donors (Lipinski definition) is 2. The molecule has 0 bridgehead atoms. The number of hydrogen-bond acceptors (Lipinski definition) is 3. The van der Waals surface area contributed by atoms with Crippen molar-refractivity contribution >= 4 is 0 Å². The molecule has 4 nitrogen and oxygen atoms in total. The molecule has 4 heteroatoms. The van der Waals surface area contributed by atoms with E-state index in [-0.39, 0.29) is 0 Å². The summed E-state index contributed by atoms with van der Waals surface area (Å²) in [5.41, 5.74) is 3.21. The van der Waals surface area contributed by atoms with E-state index >= 15 is 0 Å². The molecule has 0 aliphatic heterocycles. The lowest BCUT2D eigenvalue weighted by atomic mass is 9.85. The fraction of sp³-hybridized carbons (Fsp3) is 0.667. The van der Waals surface area contributed by atoms with Gasteiger partial charge in [0.05, 0.1) is 12.2 Å². The van der Waals surface area contributed by atoms with Crippen LogP contribution >= 0.6 is 0 Å². The van der Waals surface area contributed by atoms with Gasteiger partial charge in [0.15, 0.2) is 0 Å². The van der Waals surface area contributed by atoms with Crippen LogP contribution in [0.25, 0.3) is 0 Å². The van der Waals surface area contributed by atoms with E-state index in [2.05, 4.69) is 10.6 Å². The first kappa shape index (κ1) is 8.72. The molecule has 13 heavy (non-hydrogen) atoms. The van der Waals surface area contributed by atoms with Crippen LogP contribution in [0, 0.1) is 5.92 Å². The molecule has 1 saturated carbocycles. The van der Waals surface area contributed by atoms with Crippen LogP contribution in [0.2, 0.25) is 0 Å². The second kappa shape index (κ2) is 3.89. The van der Waals surface area contributed by atoms with E-state index < -0.39 is 0 Å². The predicted molar refractivity (Wildman–Crippen MR) is 48.2 cm³/mol. The van der Waals surface area contributed by atoms with Crippen LogP contribution in [-0.4, -0.2) is 15.0 Å². The van der Waals surface area contributed by atoms with Gasteiger partial charge in [-0.1, -0.05) is 6.42 Å². The Hall–Kier alpha value is -0.870. The van der Waals surface area contributed by atoms with Crippen LogP contribution in [-0.2, 0) is 13.1 Å². The van der Waals surface area contributed by atoms with Gasteiger partial charge in [-0.15, -0.1) is 0 Å². The first-order valence-electron chi connectivity index (χ1n) is 4.78. The lowest BCUT2D eigenvalue weighted by molar-refractivity contribution is 0.156.